The molecule has 0 radical (unpaired) electrons. The van der Waals surface area contributed by atoms with Crippen LogP contribution in [0.25, 0.3) is 10.9 Å². The van der Waals surface area contributed by atoms with Crippen LogP contribution in [-0.4, -0.2) is 199 Å². The number of H-pyrrole nitrogens is 1. The molecule has 1 aliphatic heterocycles. The number of carbonyl (C=O) groups excluding carboxylic acids is 11. The van der Waals surface area contributed by atoms with Gasteiger partial charge in [0, 0.05) is 42.9 Å². The van der Waals surface area contributed by atoms with Gasteiger partial charge in [-0.1, -0.05) is 70.2 Å². The molecule has 18 N–H and O–H groups in total. The minimum Gasteiger partial charge on any atom is -0.508 e. The van der Waals surface area contributed by atoms with Gasteiger partial charge >= 0.3 is 5.97 Å². The number of fused-ring (bicyclic) bond motifs is 1. The van der Waals surface area contributed by atoms with Crippen molar-refractivity contribution >= 4 is 81.9 Å². The number of hydrogen-bond acceptors (Lipinski definition) is 17. The first kappa shape index (κ1) is 73.1. The molecule has 2 heterocycles. The Morgan fingerprint density at radius 1 is 0.554 bits per heavy atom. The van der Waals surface area contributed by atoms with Crippen molar-refractivity contribution in [2.75, 3.05) is 26.3 Å². The van der Waals surface area contributed by atoms with E-state index in [-0.39, 0.29) is 56.1 Å². The summed E-state index contributed by atoms with van der Waals surface area (Å²) >= 11 is 0. The smallest absolute Gasteiger partial charge is 0.325 e. The van der Waals surface area contributed by atoms with Crippen molar-refractivity contribution < 1.29 is 83.1 Å². The number of hydrogen-bond donors (Lipinski definition) is 17. The molecule has 3 aromatic carbocycles. The summed E-state index contributed by atoms with van der Waals surface area (Å²) in [6.07, 6.45) is 1.88. The van der Waals surface area contributed by atoms with Crippen molar-refractivity contribution in [3.8, 4) is 11.5 Å². The molecule has 0 unspecified atom stereocenters. The Labute approximate surface area is 530 Å². The lowest BCUT2D eigenvalue weighted by Gasteiger charge is -2.30. The zero-order valence-corrected chi connectivity index (χ0v) is 52.2. The number of amides is 11. The number of aliphatic hydroxyl groups is 2. The summed E-state index contributed by atoms with van der Waals surface area (Å²) in [7, 11) is 0. The van der Waals surface area contributed by atoms with Crippen LogP contribution < -0.4 is 58.9 Å². The van der Waals surface area contributed by atoms with Gasteiger partial charge in [-0.25, -0.2) is 0 Å². The maximum atomic E-state index is 14.6. The number of phenolic OH excluding ortho intramolecular Hbond substituents is 2. The number of benzene rings is 3. The molecule has 11 atom stereocenters. The van der Waals surface area contributed by atoms with E-state index in [2.05, 4.69) is 58.2 Å². The molecule has 5 rings (SSSR count). The van der Waals surface area contributed by atoms with Crippen LogP contribution in [0.2, 0.25) is 0 Å². The second kappa shape index (κ2) is 34.5. The molecule has 11 amide bonds. The molecule has 0 aliphatic carbocycles. The van der Waals surface area contributed by atoms with Crippen LogP contribution in [-0.2, 0) is 76.8 Å². The van der Waals surface area contributed by atoms with Crippen LogP contribution in [0.1, 0.15) is 84.4 Å². The summed E-state index contributed by atoms with van der Waals surface area (Å²) in [4.78, 5) is 166. The number of nitrogens with one attached hydrogen (secondary N) is 11. The lowest BCUT2D eigenvalue weighted by atomic mass is 10.00. The van der Waals surface area contributed by atoms with E-state index in [1.807, 2.05) is 18.2 Å². The number of rotatable bonds is 33. The molecule has 92 heavy (non-hydrogen) atoms. The molecule has 500 valence electrons. The topological polar surface area (TPSA) is 471 Å². The number of nitrogens with two attached hydrogens (primary N) is 1. The summed E-state index contributed by atoms with van der Waals surface area (Å²) in [5.41, 5.74) is 8.16. The number of likely N-dealkylation sites (tertiary alicyclic amines) is 1. The van der Waals surface area contributed by atoms with Gasteiger partial charge in [0.15, 0.2) is 0 Å². The Morgan fingerprint density at radius 2 is 1.05 bits per heavy atom. The Bertz CT molecular complexity index is 3270. The highest BCUT2D eigenvalue weighted by molar-refractivity contribution is 5.99. The minimum atomic E-state index is -1.68. The van der Waals surface area contributed by atoms with Crippen LogP contribution >= 0.6 is 0 Å². The van der Waals surface area contributed by atoms with Crippen molar-refractivity contribution in [3.63, 3.8) is 0 Å². The summed E-state index contributed by atoms with van der Waals surface area (Å²) in [6, 6.07) is 3.82. The lowest BCUT2D eigenvalue weighted by molar-refractivity contribution is -0.142. The molecule has 0 spiro atoms. The van der Waals surface area contributed by atoms with Gasteiger partial charge < -0.3 is 94.3 Å². The highest BCUT2D eigenvalue weighted by atomic mass is 16.4. The zero-order valence-electron chi connectivity index (χ0n) is 52.2. The summed E-state index contributed by atoms with van der Waals surface area (Å²) in [5, 5.41) is 74.6. The van der Waals surface area contributed by atoms with E-state index in [4.69, 9.17) is 5.73 Å². The Hall–Kier alpha value is -9.68. The van der Waals surface area contributed by atoms with Crippen LogP contribution in [0.5, 0.6) is 11.5 Å². The number of carboxylic acid groups (broad SMARTS) is 1. The Kier molecular flexibility index (Phi) is 27.4. The average molecular weight is 1280 g/mol. The molecule has 30 heteroatoms. The monoisotopic (exact) mass is 1280 g/mol. The van der Waals surface area contributed by atoms with E-state index in [0.717, 1.165) is 10.9 Å². The molecule has 1 saturated heterocycles. The molecule has 1 aromatic heterocycles. The van der Waals surface area contributed by atoms with Gasteiger partial charge in [0.2, 0.25) is 65.0 Å². The van der Waals surface area contributed by atoms with E-state index in [0.29, 0.717) is 23.1 Å². The first-order valence-electron chi connectivity index (χ1n) is 30.1. The van der Waals surface area contributed by atoms with Crippen molar-refractivity contribution in [3.05, 3.63) is 95.7 Å². The number of carboxylic acids is 1. The van der Waals surface area contributed by atoms with Crippen molar-refractivity contribution in [1.29, 1.82) is 0 Å². The standard InChI is InChI=1S/C62H85N13O17/c1-31(2)23-44(70-57(86)46(69-54(83)42(63)29-76)26-38-27-64-43-12-9-8-11-41(38)43)55(84)67-34(6)52(81)72-47(25-37-16-20-40(79)21-17-37)61(90)75-22-10-13-49(75)59(88)65-28-50(80)66-33(5)53(82)74-51(32(3)4)60(89)73-48(30-77)58(87)71-45(56(85)68-35(7)62(91)92)24-36-14-18-39(78)19-15-36/h8-9,11-12,14-21,27,31-35,42,44-49,51,64,76-79H,10,13,22-26,28-30,63H2,1-7H3,(H,65,88)(H,66,80)(H,67,84)(H,68,85)(H,69,83)(H,70,86)(H,71,87)(H,72,81)(H,73,89)(H,74,82)(H,91,92)/t33-,34-,35-,42-,44-,45-,46-,47-,48-,49-,51-/m0/s1. The molecular weight excluding hydrogens is 1200 g/mol. The van der Waals surface area contributed by atoms with E-state index in [9.17, 15) is 83.1 Å². The molecule has 1 fully saturated rings. The van der Waals surface area contributed by atoms with Gasteiger partial charge in [0.1, 0.15) is 78.0 Å². The fraction of sp³-hybridized carbons (Fsp3) is 0.484. The molecule has 0 bridgehead atoms. The third kappa shape index (κ3) is 21.5. The second-order valence-electron chi connectivity index (χ2n) is 23.4. The fourth-order valence-corrected chi connectivity index (χ4v) is 9.95. The zero-order chi connectivity index (χ0) is 68.1. The SMILES string of the molecule is CC(C)C[C@H](NC(=O)[C@H](Cc1c[nH]c2ccccc12)NC(=O)[C@@H](N)CO)C(=O)N[C@@H](C)C(=O)N[C@@H](Cc1ccc(O)cc1)C(=O)N1CCC[C@H]1C(=O)NCC(=O)N[C@@H](C)C(=O)N[C@H](C(=O)N[C@@H](CO)C(=O)N[C@@H](Cc1ccc(O)cc1)C(=O)N[C@@H](C)C(=O)O)C(C)C. The quantitative estimate of drug-likeness (QED) is 0.0230. The van der Waals surface area contributed by atoms with Crippen molar-refractivity contribution in [2.24, 2.45) is 17.6 Å². The Balaban J connectivity index is 1.20. The van der Waals surface area contributed by atoms with Crippen LogP contribution in [0.4, 0.5) is 0 Å². The summed E-state index contributed by atoms with van der Waals surface area (Å²) < 4.78 is 0. The largest absolute Gasteiger partial charge is 0.508 e. The predicted molar refractivity (Wildman–Crippen MR) is 332 cm³/mol. The normalized spacial score (nSPS) is 16.2. The summed E-state index contributed by atoms with van der Waals surface area (Å²) in [5.74, 6) is -11.6. The maximum Gasteiger partial charge on any atom is 0.325 e. The number of nitrogens with zero attached hydrogens (tertiary/aromatic N) is 1. The molecule has 0 saturated carbocycles. The number of phenols is 2. The number of aliphatic carboxylic acids is 1. The highest BCUT2D eigenvalue weighted by Crippen LogP contribution is 2.22. The molecule has 1 aliphatic rings. The van der Waals surface area contributed by atoms with Gasteiger partial charge in [-0.05, 0) is 98.9 Å². The van der Waals surface area contributed by atoms with Gasteiger partial charge in [-0.2, -0.15) is 0 Å². The molecular formula is C62H85N13O17. The minimum absolute atomic E-state index is 0.0343. The number of para-hydroxylation sites is 1. The second-order valence-corrected chi connectivity index (χ2v) is 23.4. The van der Waals surface area contributed by atoms with Gasteiger partial charge in [-0.3, -0.25) is 57.5 Å². The number of carbonyl (C=O) groups is 12. The number of aromatic hydroxyl groups is 2. The third-order valence-electron chi connectivity index (χ3n) is 15.2. The van der Waals surface area contributed by atoms with Crippen molar-refractivity contribution in [2.45, 2.75) is 153 Å². The number of aromatic nitrogens is 1. The molecule has 4 aromatic rings. The van der Waals surface area contributed by atoms with Crippen LogP contribution in [0, 0.1) is 11.8 Å². The van der Waals surface area contributed by atoms with E-state index >= 15 is 0 Å². The Morgan fingerprint density at radius 3 is 1.64 bits per heavy atom. The predicted octanol–water partition coefficient (Wildman–Crippen LogP) is -2.76. The number of aliphatic hydroxyl groups excluding tert-OH is 2. The van der Waals surface area contributed by atoms with Crippen LogP contribution in [0.3, 0.4) is 0 Å². The van der Waals surface area contributed by atoms with E-state index in [1.54, 1.807) is 40.0 Å². The highest BCUT2D eigenvalue weighted by Gasteiger charge is 2.40. The first-order valence-corrected chi connectivity index (χ1v) is 30.1. The van der Waals surface area contributed by atoms with Crippen molar-refractivity contribution in [1.82, 2.24) is 63.1 Å². The van der Waals surface area contributed by atoms with E-state index < -0.39 is 163 Å². The first-order chi connectivity index (χ1) is 43.5. The third-order valence-corrected chi connectivity index (χ3v) is 15.2. The molecule has 30 nitrogen and oxygen atoms in total. The average Bonchev–Trinajstić information content (AvgIpc) is 1.64. The van der Waals surface area contributed by atoms with Gasteiger partial charge in [0.25, 0.3) is 0 Å². The lowest BCUT2D eigenvalue weighted by Crippen LogP contribution is -2.60. The van der Waals surface area contributed by atoms with Crippen LogP contribution in [0.15, 0.2) is 79.0 Å². The van der Waals surface area contributed by atoms with Gasteiger partial charge in [0.05, 0.1) is 19.8 Å². The maximum absolute atomic E-state index is 14.6. The fourth-order valence-electron chi connectivity index (χ4n) is 9.95. The number of aromatic amines is 1. The van der Waals surface area contributed by atoms with E-state index in [1.165, 1.54) is 74.2 Å². The van der Waals surface area contributed by atoms with Gasteiger partial charge in [-0.15, -0.1) is 0 Å². The summed E-state index contributed by atoms with van der Waals surface area (Å²) in [6.45, 7) is 8.27.